The van der Waals surface area contributed by atoms with E-state index >= 15 is 0 Å². The van der Waals surface area contributed by atoms with E-state index < -0.39 is 0 Å². The van der Waals surface area contributed by atoms with Gasteiger partial charge in [-0.2, -0.15) is 10.4 Å². The molecule has 0 radical (unpaired) electrons. The Labute approximate surface area is 98.1 Å². The smallest absolute Gasteiger partial charge is 0.102 e. The van der Waals surface area contributed by atoms with E-state index in [0.29, 0.717) is 5.56 Å². The average molecular weight is 222 g/mol. The van der Waals surface area contributed by atoms with Crippen LogP contribution in [-0.4, -0.2) is 14.8 Å². The lowest BCUT2D eigenvalue weighted by Crippen LogP contribution is -1.84. The number of nitriles is 1. The Hall–Kier alpha value is -2.54. The van der Waals surface area contributed by atoms with Gasteiger partial charge < -0.3 is 4.98 Å². The maximum atomic E-state index is 9.28. The van der Waals surface area contributed by atoms with Gasteiger partial charge in [0.05, 0.1) is 17.5 Å². The van der Waals surface area contributed by atoms with Crippen LogP contribution < -0.4 is 0 Å². The summed E-state index contributed by atoms with van der Waals surface area (Å²) < 4.78 is 1.72. The van der Waals surface area contributed by atoms with Crippen molar-refractivity contribution in [3.8, 4) is 17.3 Å². The first-order valence-corrected chi connectivity index (χ1v) is 5.29. The number of rotatable bonds is 1. The highest BCUT2D eigenvalue weighted by molar-refractivity contribution is 5.93. The first-order valence-electron chi connectivity index (χ1n) is 5.29. The number of para-hydroxylation sites is 1. The number of nitrogens with zero attached hydrogens (tertiary/aromatic N) is 3. The third-order valence-corrected chi connectivity index (χ3v) is 2.81. The van der Waals surface area contributed by atoms with Gasteiger partial charge in [0.25, 0.3) is 0 Å². The summed E-state index contributed by atoms with van der Waals surface area (Å²) in [6, 6.07) is 10.1. The van der Waals surface area contributed by atoms with Gasteiger partial charge in [-0.05, 0) is 6.07 Å². The van der Waals surface area contributed by atoms with Crippen molar-refractivity contribution in [3.63, 3.8) is 0 Å². The van der Waals surface area contributed by atoms with Gasteiger partial charge in [0.15, 0.2) is 0 Å². The van der Waals surface area contributed by atoms with Crippen LogP contribution in [0.2, 0.25) is 0 Å². The fourth-order valence-electron chi connectivity index (χ4n) is 2.02. The van der Waals surface area contributed by atoms with Crippen LogP contribution >= 0.6 is 0 Å². The molecule has 3 rings (SSSR count). The van der Waals surface area contributed by atoms with Gasteiger partial charge in [0.1, 0.15) is 6.07 Å². The molecule has 0 saturated heterocycles. The number of fused-ring (bicyclic) bond motifs is 1. The fraction of sp³-hybridized carbons (Fsp3) is 0.0769. The normalized spacial score (nSPS) is 10.6. The van der Waals surface area contributed by atoms with E-state index in [0.717, 1.165) is 22.2 Å². The minimum absolute atomic E-state index is 0.675. The largest absolute Gasteiger partial charge is 0.353 e. The van der Waals surface area contributed by atoms with Crippen LogP contribution in [0, 0.1) is 11.3 Å². The molecule has 82 valence electrons. The summed E-state index contributed by atoms with van der Waals surface area (Å²) in [5.74, 6) is 0. The summed E-state index contributed by atoms with van der Waals surface area (Å²) >= 11 is 0. The molecule has 0 fully saturated rings. The predicted octanol–water partition coefficient (Wildman–Crippen LogP) is 2.44. The van der Waals surface area contributed by atoms with Crippen molar-refractivity contribution in [1.29, 1.82) is 5.26 Å². The highest BCUT2D eigenvalue weighted by atomic mass is 15.2. The Kier molecular flexibility index (Phi) is 1.99. The fourth-order valence-corrected chi connectivity index (χ4v) is 2.02. The van der Waals surface area contributed by atoms with Crippen LogP contribution in [0.15, 0.2) is 36.7 Å². The Morgan fingerprint density at radius 3 is 2.88 bits per heavy atom. The molecule has 0 saturated carbocycles. The van der Waals surface area contributed by atoms with E-state index in [1.807, 2.05) is 37.5 Å². The van der Waals surface area contributed by atoms with Crippen LogP contribution in [0.1, 0.15) is 5.56 Å². The number of hydrogen-bond donors (Lipinski definition) is 1. The summed E-state index contributed by atoms with van der Waals surface area (Å²) in [6.07, 6.45) is 3.65. The second-order valence-electron chi connectivity index (χ2n) is 3.94. The molecule has 2 heterocycles. The molecule has 0 aliphatic carbocycles. The summed E-state index contributed by atoms with van der Waals surface area (Å²) in [6.45, 7) is 0. The average Bonchev–Trinajstić information content (AvgIpc) is 2.91. The monoisotopic (exact) mass is 222 g/mol. The quantitative estimate of drug-likeness (QED) is 0.687. The molecule has 17 heavy (non-hydrogen) atoms. The minimum Gasteiger partial charge on any atom is -0.353 e. The molecule has 0 spiro atoms. The molecule has 1 aromatic carbocycles. The van der Waals surface area contributed by atoms with E-state index in [4.69, 9.17) is 0 Å². The first kappa shape index (κ1) is 9.67. The Bertz CT molecular complexity index is 727. The molecule has 0 bridgehead atoms. The topological polar surface area (TPSA) is 57.4 Å². The van der Waals surface area contributed by atoms with Gasteiger partial charge >= 0.3 is 0 Å². The van der Waals surface area contributed by atoms with E-state index in [-0.39, 0.29) is 0 Å². The lowest BCUT2D eigenvalue weighted by Gasteiger charge is -1.92. The van der Waals surface area contributed by atoms with Gasteiger partial charge in [-0.1, -0.05) is 18.2 Å². The van der Waals surface area contributed by atoms with Crippen LogP contribution in [-0.2, 0) is 7.05 Å². The molecule has 1 N–H and O–H groups in total. The lowest BCUT2D eigenvalue weighted by atomic mass is 10.1. The van der Waals surface area contributed by atoms with Gasteiger partial charge in [0, 0.05) is 29.7 Å². The molecule has 0 unspecified atom stereocenters. The summed E-state index contributed by atoms with van der Waals surface area (Å²) in [5.41, 5.74) is 3.42. The summed E-state index contributed by atoms with van der Waals surface area (Å²) in [4.78, 5) is 3.27. The zero-order chi connectivity index (χ0) is 11.8. The van der Waals surface area contributed by atoms with Crippen molar-refractivity contribution in [2.45, 2.75) is 0 Å². The zero-order valence-electron chi connectivity index (χ0n) is 9.31. The summed E-state index contributed by atoms with van der Waals surface area (Å²) in [5, 5.41) is 14.4. The van der Waals surface area contributed by atoms with Crippen molar-refractivity contribution in [3.05, 3.63) is 42.2 Å². The highest BCUT2D eigenvalue weighted by Gasteiger charge is 2.13. The molecule has 0 aliphatic rings. The predicted molar refractivity (Wildman–Crippen MR) is 65.2 cm³/mol. The van der Waals surface area contributed by atoms with E-state index in [2.05, 4.69) is 16.2 Å². The number of aryl methyl sites for hydroxylation is 1. The van der Waals surface area contributed by atoms with Crippen LogP contribution in [0.4, 0.5) is 0 Å². The van der Waals surface area contributed by atoms with Crippen molar-refractivity contribution in [2.24, 2.45) is 7.05 Å². The second-order valence-corrected chi connectivity index (χ2v) is 3.94. The molecule has 4 heteroatoms. The molecule has 0 atom stereocenters. The van der Waals surface area contributed by atoms with Crippen LogP contribution in [0.3, 0.4) is 0 Å². The second kappa shape index (κ2) is 3.49. The number of hydrogen-bond acceptors (Lipinski definition) is 2. The molecule has 2 aromatic heterocycles. The van der Waals surface area contributed by atoms with Gasteiger partial charge in [-0.15, -0.1) is 0 Å². The Balaban J connectivity index is 2.34. The Morgan fingerprint density at radius 2 is 2.18 bits per heavy atom. The van der Waals surface area contributed by atoms with Crippen LogP contribution in [0.5, 0.6) is 0 Å². The van der Waals surface area contributed by atoms with Gasteiger partial charge in [0.2, 0.25) is 0 Å². The van der Waals surface area contributed by atoms with Gasteiger partial charge in [-0.3, -0.25) is 4.68 Å². The van der Waals surface area contributed by atoms with E-state index in [9.17, 15) is 5.26 Å². The van der Waals surface area contributed by atoms with Crippen molar-refractivity contribution in [1.82, 2.24) is 14.8 Å². The van der Waals surface area contributed by atoms with Crippen LogP contribution in [0.25, 0.3) is 22.2 Å². The first-order chi connectivity index (χ1) is 8.29. The minimum atomic E-state index is 0.675. The molecule has 0 amide bonds. The number of aromatic nitrogens is 3. The van der Waals surface area contributed by atoms with Crippen molar-refractivity contribution >= 4 is 10.9 Å². The molecular weight excluding hydrogens is 212 g/mol. The lowest BCUT2D eigenvalue weighted by molar-refractivity contribution is 0.768. The SMILES string of the molecule is Cn1cc(-c2[nH]c3ccccc3c2C#N)cn1. The van der Waals surface area contributed by atoms with E-state index in [1.54, 1.807) is 10.9 Å². The molecule has 0 aliphatic heterocycles. The number of benzene rings is 1. The third kappa shape index (κ3) is 1.41. The maximum Gasteiger partial charge on any atom is 0.102 e. The number of nitrogens with one attached hydrogen (secondary N) is 1. The molecule has 4 nitrogen and oxygen atoms in total. The zero-order valence-corrected chi connectivity index (χ0v) is 9.31. The number of H-pyrrole nitrogens is 1. The van der Waals surface area contributed by atoms with Crippen molar-refractivity contribution < 1.29 is 0 Å². The third-order valence-electron chi connectivity index (χ3n) is 2.81. The van der Waals surface area contributed by atoms with Gasteiger partial charge in [-0.25, -0.2) is 0 Å². The van der Waals surface area contributed by atoms with E-state index in [1.165, 1.54) is 0 Å². The standard InChI is InChI=1S/C13H10N4/c1-17-8-9(7-15-17)13-11(6-14)10-4-2-3-5-12(10)16-13/h2-5,7-8,16H,1H3. The molecule has 3 aromatic rings. The summed E-state index contributed by atoms with van der Waals surface area (Å²) in [7, 11) is 1.86. The highest BCUT2D eigenvalue weighted by Crippen LogP contribution is 2.28. The molecular formula is C13H10N4. The Morgan fingerprint density at radius 1 is 1.35 bits per heavy atom. The number of aromatic amines is 1. The maximum absolute atomic E-state index is 9.28. The van der Waals surface area contributed by atoms with Crippen molar-refractivity contribution in [2.75, 3.05) is 0 Å².